The predicted octanol–water partition coefficient (Wildman–Crippen LogP) is 5.50. The number of benzene rings is 3. The number of nitrogens with zero attached hydrogens (tertiary/aromatic N) is 2. The predicted molar refractivity (Wildman–Crippen MR) is 170 cm³/mol. The van der Waals surface area contributed by atoms with Crippen LogP contribution >= 0.6 is 0 Å². The van der Waals surface area contributed by atoms with Crippen LogP contribution in [-0.2, 0) is 26.0 Å². The van der Waals surface area contributed by atoms with Gasteiger partial charge in [-0.3, -0.25) is 13.9 Å². The highest BCUT2D eigenvalue weighted by molar-refractivity contribution is 7.92. The fourth-order valence-corrected chi connectivity index (χ4v) is 6.97. The lowest BCUT2D eigenvalue weighted by Crippen LogP contribution is -2.54. The van der Waals surface area contributed by atoms with E-state index in [1.807, 2.05) is 56.3 Å². The molecule has 0 aliphatic heterocycles. The number of carbonyl (C=O) groups excluding carboxylic acids is 2. The molecule has 2 amide bonds. The first kappa shape index (κ1) is 32.1. The Morgan fingerprint density at radius 3 is 2.19 bits per heavy atom. The van der Waals surface area contributed by atoms with Gasteiger partial charge in [-0.25, -0.2) is 8.42 Å². The Labute approximate surface area is 256 Å². The average Bonchev–Trinajstić information content (AvgIpc) is 3.03. The number of ether oxygens (including phenoxy) is 1. The number of hydrogen-bond donors (Lipinski definition) is 1. The van der Waals surface area contributed by atoms with E-state index in [9.17, 15) is 18.0 Å². The van der Waals surface area contributed by atoms with E-state index in [-0.39, 0.29) is 23.4 Å². The summed E-state index contributed by atoms with van der Waals surface area (Å²) >= 11 is 0. The number of carbonyl (C=O) groups is 2. The minimum Gasteiger partial charge on any atom is -0.497 e. The Morgan fingerprint density at radius 2 is 1.58 bits per heavy atom. The number of rotatable bonds is 13. The zero-order valence-corrected chi connectivity index (χ0v) is 26.2. The number of amides is 2. The molecule has 9 heteroatoms. The molecule has 0 spiro atoms. The topological polar surface area (TPSA) is 96.0 Å². The van der Waals surface area contributed by atoms with Gasteiger partial charge in [0.15, 0.2) is 0 Å². The van der Waals surface area contributed by atoms with Gasteiger partial charge in [0.25, 0.3) is 10.0 Å². The van der Waals surface area contributed by atoms with Gasteiger partial charge < -0.3 is 15.0 Å². The molecule has 1 saturated carbocycles. The second kappa shape index (κ2) is 15.0. The smallest absolute Gasteiger partial charge is 0.264 e. The molecule has 1 atom stereocenters. The van der Waals surface area contributed by atoms with Crippen molar-refractivity contribution in [2.45, 2.75) is 75.8 Å². The van der Waals surface area contributed by atoms with Crippen molar-refractivity contribution in [3.8, 4) is 5.75 Å². The van der Waals surface area contributed by atoms with Crippen molar-refractivity contribution in [1.29, 1.82) is 0 Å². The molecule has 0 unspecified atom stereocenters. The SMILES string of the molecule is CC[C@H](C(=O)NC1CCCCC1)N(CCc1ccccc1)C(=O)CN(c1ccc(C)cc1)S(=O)(=O)c1ccc(OC)cc1. The van der Waals surface area contributed by atoms with Crippen LogP contribution in [0.3, 0.4) is 0 Å². The van der Waals surface area contributed by atoms with Crippen molar-refractivity contribution in [3.05, 3.63) is 90.0 Å². The first-order valence-electron chi connectivity index (χ1n) is 15.1. The molecular formula is C34H43N3O5S. The molecular weight excluding hydrogens is 562 g/mol. The molecule has 1 fully saturated rings. The molecule has 3 aromatic carbocycles. The van der Waals surface area contributed by atoms with E-state index < -0.39 is 28.5 Å². The maximum Gasteiger partial charge on any atom is 0.264 e. The average molecular weight is 606 g/mol. The first-order chi connectivity index (χ1) is 20.7. The number of methoxy groups -OCH3 is 1. The second-order valence-electron chi connectivity index (χ2n) is 11.1. The number of nitrogens with one attached hydrogen (secondary N) is 1. The third kappa shape index (κ3) is 8.38. The highest BCUT2D eigenvalue weighted by Gasteiger charge is 2.34. The van der Waals surface area contributed by atoms with Gasteiger partial charge >= 0.3 is 0 Å². The largest absolute Gasteiger partial charge is 0.497 e. The third-order valence-electron chi connectivity index (χ3n) is 8.07. The summed E-state index contributed by atoms with van der Waals surface area (Å²) in [5.41, 5.74) is 2.37. The second-order valence-corrected chi connectivity index (χ2v) is 13.0. The Morgan fingerprint density at radius 1 is 0.930 bits per heavy atom. The van der Waals surface area contributed by atoms with Crippen LogP contribution in [0.1, 0.15) is 56.6 Å². The van der Waals surface area contributed by atoms with Crippen molar-refractivity contribution < 1.29 is 22.7 Å². The molecule has 0 radical (unpaired) electrons. The number of hydrogen-bond acceptors (Lipinski definition) is 5. The number of anilines is 1. The van der Waals surface area contributed by atoms with Crippen LogP contribution in [0, 0.1) is 6.92 Å². The van der Waals surface area contributed by atoms with Crippen molar-refractivity contribution in [2.24, 2.45) is 0 Å². The summed E-state index contributed by atoms with van der Waals surface area (Å²) in [6.07, 6.45) is 6.14. The fourth-order valence-electron chi connectivity index (χ4n) is 5.55. The standard InChI is InChI=1S/C34H43N3O5S/c1-4-32(34(39)35-28-13-9-6-10-14-28)36(24-23-27-11-7-5-8-12-27)33(38)25-37(29-17-15-26(2)16-18-29)43(40,41)31-21-19-30(42-3)20-22-31/h5,7-8,11-12,15-22,28,32H,4,6,9-10,13-14,23-25H2,1-3H3,(H,35,39)/t32-/m1/s1. The lowest BCUT2D eigenvalue weighted by atomic mass is 9.95. The summed E-state index contributed by atoms with van der Waals surface area (Å²) in [7, 11) is -2.62. The van der Waals surface area contributed by atoms with E-state index in [1.165, 1.54) is 25.7 Å². The summed E-state index contributed by atoms with van der Waals surface area (Å²) in [6, 6.07) is 22.3. The summed E-state index contributed by atoms with van der Waals surface area (Å²) in [5.74, 6) is -0.0892. The van der Waals surface area contributed by atoms with Gasteiger partial charge in [0.2, 0.25) is 11.8 Å². The van der Waals surface area contributed by atoms with Crippen molar-refractivity contribution in [3.63, 3.8) is 0 Å². The molecule has 3 aromatic rings. The van der Waals surface area contributed by atoms with Crippen LogP contribution in [0.4, 0.5) is 5.69 Å². The van der Waals surface area contributed by atoms with Crippen LogP contribution < -0.4 is 14.4 Å². The Bertz CT molecular complexity index is 1440. The number of aryl methyl sites for hydroxylation is 1. The van der Waals surface area contributed by atoms with Crippen LogP contribution in [0.15, 0.2) is 83.8 Å². The van der Waals surface area contributed by atoms with E-state index in [1.54, 1.807) is 29.2 Å². The summed E-state index contributed by atoms with van der Waals surface area (Å²) in [5, 5.41) is 3.18. The maximum absolute atomic E-state index is 14.2. The van der Waals surface area contributed by atoms with Crippen LogP contribution in [0.5, 0.6) is 5.75 Å². The van der Waals surface area contributed by atoms with Crippen LogP contribution in [0.25, 0.3) is 0 Å². The zero-order chi connectivity index (χ0) is 30.8. The molecule has 0 heterocycles. The van der Waals surface area contributed by atoms with E-state index in [0.717, 1.165) is 41.1 Å². The van der Waals surface area contributed by atoms with E-state index >= 15 is 0 Å². The Kier molecular flexibility index (Phi) is 11.2. The van der Waals surface area contributed by atoms with Gasteiger partial charge in [0.1, 0.15) is 18.3 Å². The van der Waals surface area contributed by atoms with Crippen molar-refractivity contribution in [2.75, 3.05) is 24.5 Å². The maximum atomic E-state index is 14.2. The minimum atomic E-state index is -4.13. The Balaban J connectivity index is 1.66. The quantitative estimate of drug-likeness (QED) is 0.278. The molecule has 1 N–H and O–H groups in total. The molecule has 0 aromatic heterocycles. The summed E-state index contributed by atoms with van der Waals surface area (Å²) in [4.78, 5) is 29.4. The summed E-state index contributed by atoms with van der Waals surface area (Å²) in [6.45, 7) is 3.64. The van der Waals surface area contributed by atoms with Gasteiger partial charge in [-0.2, -0.15) is 0 Å². The Hall–Kier alpha value is -3.85. The molecule has 1 aliphatic carbocycles. The van der Waals surface area contributed by atoms with E-state index in [0.29, 0.717) is 24.3 Å². The van der Waals surface area contributed by atoms with E-state index in [4.69, 9.17) is 4.74 Å². The van der Waals surface area contributed by atoms with Gasteiger partial charge in [0, 0.05) is 12.6 Å². The molecule has 43 heavy (non-hydrogen) atoms. The van der Waals surface area contributed by atoms with Crippen molar-refractivity contribution in [1.82, 2.24) is 10.2 Å². The minimum absolute atomic E-state index is 0.0413. The molecule has 0 saturated heterocycles. The van der Waals surface area contributed by atoms with Gasteiger partial charge in [-0.15, -0.1) is 0 Å². The van der Waals surface area contributed by atoms with Gasteiger partial charge in [-0.05, 0) is 74.6 Å². The molecule has 4 rings (SSSR count). The third-order valence-corrected chi connectivity index (χ3v) is 9.86. The van der Waals surface area contributed by atoms with Gasteiger partial charge in [0.05, 0.1) is 17.7 Å². The van der Waals surface area contributed by atoms with Gasteiger partial charge in [-0.1, -0.05) is 74.2 Å². The first-order valence-corrected chi connectivity index (χ1v) is 16.5. The highest BCUT2D eigenvalue weighted by atomic mass is 32.2. The van der Waals surface area contributed by atoms with Crippen LogP contribution in [-0.4, -0.2) is 57.4 Å². The normalized spacial score (nSPS) is 14.5. The molecule has 8 nitrogen and oxygen atoms in total. The fraction of sp³-hybridized carbons (Fsp3) is 0.412. The summed E-state index contributed by atoms with van der Waals surface area (Å²) < 4.78 is 34.4. The lowest BCUT2D eigenvalue weighted by Gasteiger charge is -2.34. The molecule has 1 aliphatic rings. The molecule has 0 bridgehead atoms. The van der Waals surface area contributed by atoms with Crippen LogP contribution in [0.2, 0.25) is 0 Å². The molecule has 230 valence electrons. The van der Waals surface area contributed by atoms with Crippen molar-refractivity contribution >= 4 is 27.5 Å². The van der Waals surface area contributed by atoms with E-state index in [2.05, 4.69) is 5.32 Å². The zero-order valence-electron chi connectivity index (χ0n) is 25.4. The number of sulfonamides is 1. The lowest BCUT2D eigenvalue weighted by molar-refractivity contribution is -0.140. The highest BCUT2D eigenvalue weighted by Crippen LogP contribution is 2.26. The monoisotopic (exact) mass is 605 g/mol.